The normalized spacial score (nSPS) is 13.4. The van der Waals surface area contributed by atoms with Crippen molar-refractivity contribution in [2.24, 2.45) is 5.92 Å². The Kier molecular flexibility index (Phi) is 3.52. The van der Waals surface area contributed by atoms with Gasteiger partial charge in [0.05, 0.1) is 5.52 Å². The summed E-state index contributed by atoms with van der Waals surface area (Å²) in [5, 5.41) is 0. The lowest BCUT2D eigenvalue weighted by Gasteiger charge is -2.17. The van der Waals surface area contributed by atoms with E-state index in [-0.39, 0.29) is 11.6 Å². The van der Waals surface area contributed by atoms with Crippen LogP contribution in [0.2, 0.25) is 0 Å². The van der Waals surface area contributed by atoms with Crippen molar-refractivity contribution in [2.75, 3.05) is 0 Å². The van der Waals surface area contributed by atoms with Gasteiger partial charge < -0.3 is 9.55 Å². The molecule has 2 nitrogen and oxygen atoms in total. The van der Waals surface area contributed by atoms with E-state index in [4.69, 9.17) is 12.2 Å². The van der Waals surface area contributed by atoms with Crippen LogP contribution in [0.3, 0.4) is 0 Å². The zero-order valence-electron chi connectivity index (χ0n) is 10.6. The number of H-pyrrole nitrogens is 1. The van der Waals surface area contributed by atoms with Gasteiger partial charge >= 0.3 is 0 Å². The zero-order valence-corrected chi connectivity index (χ0v) is 11.4. The molecule has 0 spiro atoms. The first kappa shape index (κ1) is 13.2. The number of nitrogens with zero attached hydrogens (tertiary/aromatic N) is 1. The molecule has 0 bridgehead atoms. The van der Waals surface area contributed by atoms with Gasteiger partial charge in [-0.3, -0.25) is 0 Å². The first-order valence-electron chi connectivity index (χ1n) is 6.00. The number of imidazole rings is 1. The molecule has 0 fully saturated rings. The fraction of sp³-hybridized carbons (Fsp3) is 0.462. The van der Waals surface area contributed by atoms with Gasteiger partial charge in [0.1, 0.15) is 5.52 Å². The molecule has 0 saturated heterocycles. The number of fused-ring (bicyclic) bond motifs is 1. The molecular weight excluding hydrogens is 254 g/mol. The maximum atomic E-state index is 13.9. The van der Waals surface area contributed by atoms with Crippen LogP contribution >= 0.6 is 12.2 Å². The Morgan fingerprint density at radius 2 is 1.94 bits per heavy atom. The Hall–Kier alpha value is -1.23. The van der Waals surface area contributed by atoms with Crippen molar-refractivity contribution in [1.29, 1.82) is 0 Å². The zero-order chi connectivity index (χ0) is 13.4. The average molecular weight is 270 g/mol. The Morgan fingerprint density at radius 1 is 1.28 bits per heavy atom. The van der Waals surface area contributed by atoms with Crippen molar-refractivity contribution >= 4 is 23.3 Å². The summed E-state index contributed by atoms with van der Waals surface area (Å²) in [6.45, 7) is 6.14. The van der Waals surface area contributed by atoms with Crippen LogP contribution in [-0.2, 0) is 0 Å². The summed E-state index contributed by atoms with van der Waals surface area (Å²) >= 11 is 5.20. The quantitative estimate of drug-likeness (QED) is 0.809. The average Bonchev–Trinajstić information content (AvgIpc) is 2.60. The summed E-state index contributed by atoms with van der Waals surface area (Å²) < 4.78 is 29.3. The maximum absolute atomic E-state index is 13.9. The Bertz CT molecular complexity index is 628. The predicted molar refractivity (Wildman–Crippen MR) is 71.2 cm³/mol. The molecule has 1 aromatic carbocycles. The highest BCUT2D eigenvalue weighted by Gasteiger charge is 2.17. The van der Waals surface area contributed by atoms with Gasteiger partial charge in [0.2, 0.25) is 0 Å². The van der Waals surface area contributed by atoms with Gasteiger partial charge in [-0.05, 0) is 43.6 Å². The fourth-order valence-corrected chi connectivity index (χ4v) is 2.74. The molecule has 0 saturated carbocycles. The number of hydrogen-bond donors (Lipinski definition) is 1. The van der Waals surface area contributed by atoms with Gasteiger partial charge in [-0.25, -0.2) is 8.78 Å². The lowest BCUT2D eigenvalue weighted by atomic mass is 10.1. The van der Waals surface area contributed by atoms with E-state index in [1.165, 1.54) is 6.07 Å². The summed E-state index contributed by atoms with van der Waals surface area (Å²) in [6, 6.07) is 2.66. The van der Waals surface area contributed by atoms with Crippen LogP contribution in [0.5, 0.6) is 0 Å². The Labute approximate surface area is 110 Å². The van der Waals surface area contributed by atoms with Gasteiger partial charge in [0.15, 0.2) is 16.4 Å². The number of benzene rings is 1. The van der Waals surface area contributed by atoms with Crippen LogP contribution in [0.15, 0.2) is 12.1 Å². The van der Waals surface area contributed by atoms with E-state index < -0.39 is 11.6 Å². The molecule has 1 unspecified atom stereocenters. The van der Waals surface area contributed by atoms with Crippen molar-refractivity contribution in [2.45, 2.75) is 33.2 Å². The Morgan fingerprint density at radius 3 is 2.56 bits per heavy atom. The summed E-state index contributed by atoms with van der Waals surface area (Å²) in [6.07, 6.45) is 0.858. The minimum atomic E-state index is -0.845. The number of aromatic nitrogens is 2. The number of halogens is 2. The van der Waals surface area contributed by atoms with E-state index in [2.05, 4.69) is 18.8 Å². The number of hydrogen-bond acceptors (Lipinski definition) is 1. The summed E-state index contributed by atoms with van der Waals surface area (Å²) in [5.41, 5.74) is 0.766. The third-order valence-electron chi connectivity index (χ3n) is 3.02. The number of rotatable bonds is 3. The largest absolute Gasteiger partial charge is 0.330 e. The van der Waals surface area contributed by atoms with E-state index >= 15 is 0 Å². The van der Waals surface area contributed by atoms with Crippen LogP contribution in [-0.4, -0.2) is 9.55 Å². The molecule has 1 atom stereocenters. The van der Waals surface area contributed by atoms with Crippen LogP contribution in [0.25, 0.3) is 11.0 Å². The number of nitrogens with one attached hydrogen (secondary N) is 1. The molecule has 18 heavy (non-hydrogen) atoms. The molecule has 2 rings (SSSR count). The fourth-order valence-electron chi connectivity index (χ4n) is 2.36. The molecule has 0 aliphatic rings. The van der Waals surface area contributed by atoms with Gasteiger partial charge in [-0.1, -0.05) is 13.8 Å². The highest BCUT2D eigenvalue weighted by molar-refractivity contribution is 7.71. The summed E-state index contributed by atoms with van der Waals surface area (Å²) in [4.78, 5) is 2.92. The molecular formula is C13H16F2N2S. The maximum Gasteiger partial charge on any atom is 0.184 e. The van der Waals surface area contributed by atoms with Gasteiger partial charge in [-0.2, -0.15) is 0 Å². The van der Waals surface area contributed by atoms with Crippen molar-refractivity contribution in [3.8, 4) is 0 Å². The van der Waals surface area contributed by atoms with Crippen LogP contribution in [0.1, 0.15) is 33.2 Å². The van der Waals surface area contributed by atoms with Crippen LogP contribution < -0.4 is 0 Å². The van der Waals surface area contributed by atoms with Gasteiger partial charge in [-0.15, -0.1) is 0 Å². The highest BCUT2D eigenvalue weighted by Crippen LogP contribution is 2.26. The van der Waals surface area contributed by atoms with E-state index in [9.17, 15) is 8.78 Å². The van der Waals surface area contributed by atoms with E-state index in [1.807, 2.05) is 6.92 Å². The van der Waals surface area contributed by atoms with Crippen molar-refractivity contribution in [3.63, 3.8) is 0 Å². The third-order valence-corrected chi connectivity index (χ3v) is 3.32. The first-order valence-corrected chi connectivity index (χ1v) is 6.40. The van der Waals surface area contributed by atoms with E-state index in [0.717, 1.165) is 12.5 Å². The van der Waals surface area contributed by atoms with Crippen molar-refractivity contribution in [1.82, 2.24) is 9.55 Å². The lowest BCUT2D eigenvalue weighted by Crippen LogP contribution is -2.09. The second-order valence-corrected chi connectivity index (χ2v) is 5.42. The molecule has 0 aliphatic carbocycles. The molecule has 1 heterocycles. The molecule has 98 valence electrons. The minimum absolute atomic E-state index is 0.0301. The third kappa shape index (κ3) is 2.19. The summed E-state index contributed by atoms with van der Waals surface area (Å²) in [7, 11) is 0. The second kappa shape index (κ2) is 4.80. The van der Waals surface area contributed by atoms with E-state index in [0.29, 0.717) is 16.2 Å². The molecule has 0 amide bonds. The monoisotopic (exact) mass is 270 g/mol. The summed E-state index contributed by atoms with van der Waals surface area (Å²) in [5.74, 6) is -1.22. The van der Waals surface area contributed by atoms with Crippen LogP contribution in [0.4, 0.5) is 8.78 Å². The van der Waals surface area contributed by atoms with Gasteiger partial charge in [0.25, 0.3) is 0 Å². The SMILES string of the molecule is CC(C)CC(C)n1c(=S)[nH]c2ccc(F)c(F)c21. The smallest absolute Gasteiger partial charge is 0.184 e. The predicted octanol–water partition coefficient (Wildman–Crippen LogP) is 4.58. The number of aromatic amines is 1. The van der Waals surface area contributed by atoms with Crippen molar-refractivity contribution < 1.29 is 8.78 Å². The van der Waals surface area contributed by atoms with E-state index in [1.54, 1.807) is 4.57 Å². The standard InChI is InChI=1S/C13H16F2N2S/c1-7(2)6-8(3)17-12-10(16-13(17)18)5-4-9(14)11(12)15/h4-5,7-8H,6H2,1-3H3,(H,16,18). The molecule has 5 heteroatoms. The Balaban J connectivity index is 2.66. The second-order valence-electron chi connectivity index (χ2n) is 5.04. The molecule has 2 aromatic rings. The highest BCUT2D eigenvalue weighted by atomic mass is 32.1. The lowest BCUT2D eigenvalue weighted by molar-refractivity contribution is 0.426. The topological polar surface area (TPSA) is 20.7 Å². The molecule has 1 aromatic heterocycles. The van der Waals surface area contributed by atoms with Gasteiger partial charge in [0, 0.05) is 6.04 Å². The molecule has 1 N–H and O–H groups in total. The molecule has 0 aliphatic heterocycles. The van der Waals surface area contributed by atoms with Crippen molar-refractivity contribution in [3.05, 3.63) is 28.5 Å². The van der Waals surface area contributed by atoms with Crippen LogP contribution in [0, 0.1) is 22.3 Å². The first-order chi connectivity index (χ1) is 8.41. The minimum Gasteiger partial charge on any atom is -0.330 e. The molecule has 0 radical (unpaired) electrons.